The summed E-state index contributed by atoms with van der Waals surface area (Å²) in [5.41, 5.74) is 1.60. The highest BCUT2D eigenvalue weighted by atomic mass is 32.1. The van der Waals surface area contributed by atoms with E-state index in [1.165, 1.54) is 12.8 Å². The molecule has 1 fully saturated rings. The highest BCUT2D eigenvalue weighted by molar-refractivity contribution is 7.13. The second-order valence-electron chi connectivity index (χ2n) is 5.16. The van der Waals surface area contributed by atoms with Crippen LogP contribution in [-0.2, 0) is 4.79 Å². The third-order valence-corrected chi connectivity index (χ3v) is 4.64. The zero-order valence-electron chi connectivity index (χ0n) is 11.8. The summed E-state index contributed by atoms with van der Waals surface area (Å²) in [6.45, 7) is 5.44. The van der Waals surface area contributed by atoms with Crippen LogP contribution in [0.4, 0.5) is 0 Å². The minimum absolute atomic E-state index is 0.147. The summed E-state index contributed by atoms with van der Waals surface area (Å²) >= 11 is 1.11. The van der Waals surface area contributed by atoms with Crippen LogP contribution in [0.5, 0.6) is 0 Å². The molecule has 0 aromatic carbocycles. The normalized spacial score (nSPS) is 16.9. The SMILES string of the molecule is C/C(=C\C(=O)NC(C)c1nc(C)c(C(=O)O)s1)C1CC1. The number of amides is 1. The van der Waals surface area contributed by atoms with Gasteiger partial charge in [-0.15, -0.1) is 11.3 Å². The third-order valence-electron chi connectivity index (χ3n) is 3.32. The molecule has 1 aliphatic rings. The highest BCUT2D eigenvalue weighted by Gasteiger charge is 2.24. The molecule has 2 rings (SSSR count). The highest BCUT2D eigenvalue weighted by Crippen LogP contribution is 2.35. The van der Waals surface area contributed by atoms with Crippen LogP contribution >= 0.6 is 11.3 Å². The Morgan fingerprint density at radius 3 is 2.65 bits per heavy atom. The van der Waals surface area contributed by atoms with Gasteiger partial charge in [0, 0.05) is 6.08 Å². The molecule has 1 aromatic heterocycles. The van der Waals surface area contributed by atoms with E-state index in [1.54, 1.807) is 13.0 Å². The molecule has 1 heterocycles. The van der Waals surface area contributed by atoms with Gasteiger partial charge in [0.05, 0.1) is 11.7 Å². The Labute approximate surface area is 121 Å². The second-order valence-corrected chi connectivity index (χ2v) is 6.20. The number of aromatic carboxylic acids is 1. The standard InChI is InChI=1S/C14H18N2O3S/c1-7(10-4-5-10)6-11(17)15-9(3)13-16-8(2)12(20-13)14(18)19/h6,9-10H,4-5H2,1-3H3,(H,15,17)(H,18,19)/b7-6+. The predicted molar refractivity (Wildman–Crippen MR) is 76.8 cm³/mol. The molecule has 1 atom stereocenters. The number of hydrogen-bond acceptors (Lipinski definition) is 4. The van der Waals surface area contributed by atoms with Crippen molar-refractivity contribution in [1.29, 1.82) is 0 Å². The fraction of sp³-hybridized carbons (Fsp3) is 0.500. The number of aromatic nitrogens is 1. The summed E-state index contributed by atoms with van der Waals surface area (Å²) in [6.07, 6.45) is 3.96. The van der Waals surface area contributed by atoms with Gasteiger partial charge >= 0.3 is 5.97 Å². The van der Waals surface area contributed by atoms with Gasteiger partial charge in [-0.3, -0.25) is 4.79 Å². The Morgan fingerprint density at radius 1 is 1.50 bits per heavy atom. The van der Waals surface area contributed by atoms with Gasteiger partial charge in [-0.1, -0.05) is 5.57 Å². The monoisotopic (exact) mass is 294 g/mol. The molecule has 1 aromatic rings. The van der Waals surface area contributed by atoms with Crippen molar-refractivity contribution >= 4 is 23.2 Å². The number of carbonyl (C=O) groups excluding carboxylic acids is 1. The Bertz CT molecular complexity index is 573. The van der Waals surface area contributed by atoms with Gasteiger partial charge in [0.1, 0.15) is 9.88 Å². The summed E-state index contributed by atoms with van der Waals surface area (Å²) in [6, 6.07) is -0.289. The van der Waals surface area contributed by atoms with Crippen molar-refractivity contribution in [3.63, 3.8) is 0 Å². The largest absolute Gasteiger partial charge is 0.477 e. The zero-order valence-corrected chi connectivity index (χ0v) is 12.6. The molecule has 1 unspecified atom stereocenters. The maximum atomic E-state index is 11.9. The molecule has 1 aliphatic carbocycles. The molecule has 1 amide bonds. The van der Waals surface area contributed by atoms with Crippen LogP contribution < -0.4 is 5.32 Å². The number of thiazole rings is 1. The second kappa shape index (κ2) is 5.75. The topological polar surface area (TPSA) is 79.3 Å². The smallest absolute Gasteiger partial charge is 0.347 e. The van der Waals surface area contributed by atoms with E-state index in [9.17, 15) is 9.59 Å². The Balaban J connectivity index is 2.02. The van der Waals surface area contributed by atoms with Crippen molar-refractivity contribution in [2.75, 3.05) is 0 Å². The molecule has 20 heavy (non-hydrogen) atoms. The molecule has 0 saturated heterocycles. The first kappa shape index (κ1) is 14.7. The summed E-state index contributed by atoms with van der Waals surface area (Å²) < 4.78 is 0. The van der Waals surface area contributed by atoms with Gasteiger partial charge in [0.2, 0.25) is 5.91 Å². The molecular weight excluding hydrogens is 276 g/mol. The Hall–Kier alpha value is -1.69. The minimum atomic E-state index is -0.978. The lowest BCUT2D eigenvalue weighted by Crippen LogP contribution is -2.25. The van der Waals surface area contributed by atoms with Crippen LogP contribution in [0, 0.1) is 12.8 Å². The number of nitrogens with one attached hydrogen (secondary N) is 1. The van der Waals surface area contributed by atoms with E-state index in [-0.39, 0.29) is 16.8 Å². The molecule has 0 bridgehead atoms. The fourth-order valence-electron chi connectivity index (χ4n) is 1.98. The van der Waals surface area contributed by atoms with Gasteiger partial charge in [-0.05, 0) is 39.5 Å². The van der Waals surface area contributed by atoms with Crippen molar-refractivity contribution in [2.24, 2.45) is 5.92 Å². The number of carboxylic acids is 1. The van der Waals surface area contributed by atoms with Gasteiger partial charge in [0.15, 0.2) is 0 Å². The molecule has 1 saturated carbocycles. The third kappa shape index (κ3) is 3.45. The molecule has 0 spiro atoms. The van der Waals surface area contributed by atoms with Gasteiger partial charge < -0.3 is 10.4 Å². The molecule has 0 aliphatic heterocycles. The van der Waals surface area contributed by atoms with Gasteiger partial charge in [-0.2, -0.15) is 0 Å². The first-order valence-corrected chi connectivity index (χ1v) is 7.39. The van der Waals surface area contributed by atoms with Gasteiger partial charge in [-0.25, -0.2) is 9.78 Å². The van der Waals surface area contributed by atoms with E-state index in [4.69, 9.17) is 5.11 Å². The summed E-state index contributed by atoms with van der Waals surface area (Å²) in [4.78, 5) is 27.3. The lowest BCUT2D eigenvalue weighted by Gasteiger charge is -2.09. The van der Waals surface area contributed by atoms with E-state index in [1.807, 2.05) is 13.8 Å². The maximum absolute atomic E-state index is 11.9. The van der Waals surface area contributed by atoms with Crippen molar-refractivity contribution in [1.82, 2.24) is 10.3 Å². The molecular formula is C14H18N2O3S. The molecule has 5 nitrogen and oxygen atoms in total. The Kier molecular flexibility index (Phi) is 4.23. The quantitative estimate of drug-likeness (QED) is 0.818. The first-order chi connectivity index (χ1) is 9.38. The van der Waals surface area contributed by atoms with Crippen LogP contribution in [0.1, 0.15) is 53.1 Å². The minimum Gasteiger partial charge on any atom is -0.477 e. The molecule has 0 radical (unpaired) electrons. The molecule has 2 N–H and O–H groups in total. The van der Waals surface area contributed by atoms with E-state index < -0.39 is 5.97 Å². The zero-order chi connectivity index (χ0) is 14.9. The molecule has 108 valence electrons. The van der Waals surface area contributed by atoms with E-state index in [0.717, 1.165) is 16.9 Å². The van der Waals surface area contributed by atoms with Crippen molar-refractivity contribution in [2.45, 2.75) is 39.7 Å². The number of carbonyl (C=O) groups is 2. The van der Waals surface area contributed by atoms with Crippen molar-refractivity contribution in [3.8, 4) is 0 Å². The van der Waals surface area contributed by atoms with Crippen LogP contribution in [0.25, 0.3) is 0 Å². The first-order valence-electron chi connectivity index (χ1n) is 6.57. The lowest BCUT2D eigenvalue weighted by molar-refractivity contribution is -0.117. The summed E-state index contributed by atoms with van der Waals surface area (Å²) in [7, 11) is 0. The lowest BCUT2D eigenvalue weighted by atomic mass is 10.2. The van der Waals surface area contributed by atoms with E-state index in [2.05, 4.69) is 10.3 Å². The average molecular weight is 294 g/mol. The van der Waals surface area contributed by atoms with Crippen molar-refractivity contribution < 1.29 is 14.7 Å². The van der Waals surface area contributed by atoms with Crippen LogP contribution in [-0.4, -0.2) is 22.0 Å². The van der Waals surface area contributed by atoms with E-state index >= 15 is 0 Å². The summed E-state index contributed by atoms with van der Waals surface area (Å²) in [5.74, 6) is -0.558. The van der Waals surface area contributed by atoms with Crippen LogP contribution in [0.3, 0.4) is 0 Å². The number of carboxylic acid groups (broad SMARTS) is 1. The van der Waals surface area contributed by atoms with Crippen molar-refractivity contribution in [3.05, 3.63) is 27.2 Å². The average Bonchev–Trinajstić information content (AvgIpc) is 3.11. The maximum Gasteiger partial charge on any atom is 0.347 e. The number of rotatable bonds is 5. The Morgan fingerprint density at radius 2 is 2.15 bits per heavy atom. The van der Waals surface area contributed by atoms with Crippen LogP contribution in [0.15, 0.2) is 11.6 Å². The number of allylic oxidation sites excluding steroid dienone is 1. The van der Waals surface area contributed by atoms with E-state index in [0.29, 0.717) is 16.6 Å². The number of nitrogens with zero attached hydrogens (tertiary/aromatic N) is 1. The fourth-order valence-corrected chi connectivity index (χ4v) is 2.89. The summed E-state index contributed by atoms with van der Waals surface area (Å²) in [5, 5.41) is 12.4. The van der Waals surface area contributed by atoms with Gasteiger partial charge in [0.25, 0.3) is 0 Å². The molecule has 6 heteroatoms. The predicted octanol–water partition coefficient (Wildman–Crippen LogP) is 2.68. The number of aryl methyl sites for hydroxylation is 1. The van der Waals surface area contributed by atoms with Crippen LogP contribution in [0.2, 0.25) is 0 Å². The number of hydrogen-bond donors (Lipinski definition) is 2.